The molecule has 5 heterocycles. The molecule has 3 aliphatic heterocycles. The van der Waals surface area contributed by atoms with Crippen LogP contribution in [0.5, 0.6) is 0 Å². The number of ether oxygens (including phenoxy) is 3. The van der Waals surface area contributed by atoms with E-state index in [-0.39, 0.29) is 30.5 Å². The molecule has 0 radical (unpaired) electrons. The number of fused-ring (bicyclic) bond motifs is 2. The summed E-state index contributed by atoms with van der Waals surface area (Å²) in [6.07, 6.45) is 4.75. The van der Waals surface area contributed by atoms with Gasteiger partial charge >= 0.3 is 7.82 Å². The van der Waals surface area contributed by atoms with E-state index in [1.165, 1.54) is 6.33 Å². The van der Waals surface area contributed by atoms with E-state index in [1.807, 2.05) is 0 Å². The molecule has 1 amide bonds. The molecule has 0 saturated carbocycles. The molecule has 2 aromatic heterocycles. The number of rotatable bonds is 9. The van der Waals surface area contributed by atoms with Crippen molar-refractivity contribution in [2.75, 3.05) is 18.9 Å². The van der Waals surface area contributed by atoms with Crippen molar-refractivity contribution < 1.29 is 37.9 Å². The molecule has 0 spiro atoms. The normalized spacial score (nSPS) is 25.7. The van der Waals surface area contributed by atoms with Crippen LogP contribution in [0.3, 0.4) is 0 Å². The van der Waals surface area contributed by atoms with E-state index in [9.17, 15) is 9.36 Å². The molecule has 3 aliphatic rings. The third kappa shape index (κ3) is 6.14. The number of carbonyl (C=O) groups is 1. The van der Waals surface area contributed by atoms with Gasteiger partial charge in [-0.1, -0.05) is 5.92 Å². The van der Waals surface area contributed by atoms with Gasteiger partial charge in [0.1, 0.15) is 23.8 Å². The first-order valence-corrected chi connectivity index (χ1v) is 13.8. The summed E-state index contributed by atoms with van der Waals surface area (Å²) in [5.41, 5.74) is 5.97. The van der Waals surface area contributed by atoms with E-state index < -0.39 is 50.4 Å². The lowest BCUT2D eigenvalue weighted by Crippen LogP contribution is -2.32. The highest BCUT2D eigenvalue weighted by molar-refractivity contribution is 7.46. The van der Waals surface area contributed by atoms with Gasteiger partial charge in [0.15, 0.2) is 23.5 Å². The summed E-state index contributed by atoms with van der Waals surface area (Å²) in [5.74, 6) is 6.98. The molecule has 17 heteroatoms. The van der Waals surface area contributed by atoms with Gasteiger partial charge in [0.2, 0.25) is 17.4 Å². The van der Waals surface area contributed by atoms with Crippen LogP contribution in [-0.2, 0) is 28.1 Å². The van der Waals surface area contributed by atoms with Crippen molar-refractivity contribution in [2.24, 2.45) is 10.2 Å². The van der Waals surface area contributed by atoms with Crippen molar-refractivity contribution in [3.8, 4) is 24.2 Å². The fourth-order valence-corrected chi connectivity index (χ4v) is 4.90. The highest BCUT2D eigenvalue weighted by Crippen LogP contribution is 2.45. The molecule has 0 bridgehead atoms. The Kier molecular flexibility index (Phi) is 7.37. The number of nitrogens with zero attached hydrogens (tertiary/aromatic N) is 6. The molecular weight excluding hydrogens is 547 g/mol. The molecule has 0 aliphatic carbocycles. The van der Waals surface area contributed by atoms with Gasteiger partial charge in [-0.2, -0.15) is 10.2 Å². The van der Waals surface area contributed by atoms with Gasteiger partial charge in [-0.3, -0.25) is 13.9 Å². The fraction of sp³-hybridized carbons (Fsp3) is 0.565. The standard InChI is InChI=1S/C23H27N8O8P/c1-4-5-8-23(29-30-23)10-15(32)25-9-6-7-14-27-19(24)16-20(28-14)31(12-26-16)21-18-17(38-22(2,3)39-18)13(37-21)11-36-40(33,34)35/h1,12-13,17-18,21H,5,8-11H2,2-3H3,(H,25,32)(H2,24,27,28)(H2,33,34,35). The lowest BCUT2D eigenvalue weighted by molar-refractivity contribution is -0.199. The summed E-state index contributed by atoms with van der Waals surface area (Å²) in [4.78, 5) is 43.4. The SMILES string of the molecule is C#CCCC1(CC(=O)NCC#Cc2nc(N)c3ncn(C4OC(COP(=O)(O)O)C5OC(C)(C)OC54)c3n2)N=N1. The number of hydrogen-bond donors (Lipinski definition) is 4. The van der Waals surface area contributed by atoms with Gasteiger partial charge in [0, 0.05) is 12.8 Å². The Hall–Kier alpha value is -3.47. The van der Waals surface area contributed by atoms with Crippen LogP contribution in [0.15, 0.2) is 16.6 Å². The van der Waals surface area contributed by atoms with Gasteiger partial charge in [-0.05, 0) is 19.8 Å². The van der Waals surface area contributed by atoms with Gasteiger partial charge < -0.3 is 35.0 Å². The number of phosphoric ester groups is 1. The molecule has 5 rings (SSSR count). The molecule has 0 aromatic carbocycles. The van der Waals surface area contributed by atoms with Crippen molar-refractivity contribution in [3.63, 3.8) is 0 Å². The van der Waals surface area contributed by atoms with E-state index >= 15 is 0 Å². The minimum absolute atomic E-state index is 0.0294. The lowest BCUT2D eigenvalue weighted by Gasteiger charge is -2.24. The second-order valence-corrected chi connectivity index (χ2v) is 11.1. The van der Waals surface area contributed by atoms with Crippen molar-refractivity contribution >= 4 is 30.7 Å². The minimum Gasteiger partial charge on any atom is -0.382 e. The first-order chi connectivity index (χ1) is 18.9. The van der Waals surface area contributed by atoms with E-state index in [1.54, 1.807) is 18.4 Å². The maximum absolute atomic E-state index is 12.2. The average Bonchev–Trinajstić information content (AvgIpc) is 3.19. The first kappa shape index (κ1) is 28.1. The van der Waals surface area contributed by atoms with E-state index in [4.69, 9.17) is 36.2 Å². The molecule has 212 valence electrons. The van der Waals surface area contributed by atoms with E-state index in [0.29, 0.717) is 24.0 Å². The monoisotopic (exact) mass is 574 g/mol. The summed E-state index contributed by atoms with van der Waals surface area (Å²) in [5, 5.41) is 10.6. The van der Waals surface area contributed by atoms with Crippen molar-refractivity contribution in [1.29, 1.82) is 0 Å². The molecule has 5 N–H and O–H groups in total. The summed E-state index contributed by atoms with van der Waals surface area (Å²) < 4.78 is 35.5. The summed E-state index contributed by atoms with van der Waals surface area (Å²) in [6, 6.07) is 0. The molecule has 40 heavy (non-hydrogen) atoms. The van der Waals surface area contributed by atoms with Crippen LogP contribution in [0, 0.1) is 24.2 Å². The number of carbonyl (C=O) groups excluding carboxylic acids is 1. The Morgan fingerprint density at radius 3 is 2.75 bits per heavy atom. The van der Waals surface area contributed by atoms with Crippen LogP contribution in [0.25, 0.3) is 11.2 Å². The number of hydrogen-bond acceptors (Lipinski definition) is 12. The zero-order valence-electron chi connectivity index (χ0n) is 21.6. The highest BCUT2D eigenvalue weighted by Gasteiger charge is 2.56. The van der Waals surface area contributed by atoms with Crippen LogP contribution in [-0.4, -0.2) is 78.1 Å². The molecular formula is C23H27N8O8P. The predicted octanol–water partition coefficient (Wildman–Crippen LogP) is 0.369. The zero-order valence-corrected chi connectivity index (χ0v) is 22.4. The van der Waals surface area contributed by atoms with E-state index in [2.05, 4.69) is 52.8 Å². The Balaban J connectivity index is 1.30. The second kappa shape index (κ2) is 10.5. The molecule has 4 atom stereocenters. The Bertz CT molecular complexity index is 1500. The largest absolute Gasteiger partial charge is 0.469 e. The maximum atomic E-state index is 12.2. The predicted molar refractivity (Wildman–Crippen MR) is 136 cm³/mol. The number of anilines is 1. The van der Waals surface area contributed by atoms with E-state index in [0.717, 1.165) is 0 Å². The number of aromatic nitrogens is 4. The van der Waals surface area contributed by atoms with Crippen LogP contribution < -0.4 is 11.1 Å². The number of amides is 1. The highest BCUT2D eigenvalue weighted by atomic mass is 31.2. The number of imidazole rings is 1. The Labute approximate surface area is 228 Å². The number of nitrogens with one attached hydrogen (secondary N) is 1. The summed E-state index contributed by atoms with van der Waals surface area (Å²) in [7, 11) is -4.74. The second-order valence-electron chi connectivity index (χ2n) is 9.81. The number of nitrogen functional groups attached to an aromatic ring is 1. The molecule has 4 unspecified atom stereocenters. The third-order valence-electron chi connectivity index (χ3n) is 6.33. The number of phosphoric acid groups is 1. The summed E-state index contributed by atoms with van der Waals surface area (Å²) >= 11 is 0. The molecule has 2 saturated heterocycles. The Morgan fingerprint density at radius 2 is 2.05 bits per heavy atom. The van der Waals surface area contributed by atoms with Gasteiger partial charge in [-0.25, -0.2) is 19.5 Å². The minimum atomic E-state index is -4.74. The van der Waals surface area contributed by atoms with Gasteiger partial charge in [-0.15, -0.1) is 12.3 Å². The van der Waals surface area contributed by atoms with Crippen LogP contribution in [0.1, 0.15) is 45.2 Å². The summed E-state index contributed by atoms with van der Waals surface area (Å²) in [6.45, 7) is 3.03. The maximum Gasteiger partial charge on any atom is 0.469 e. The zero-order chi connectivity index (χ0) is 28.7. The fourth-order valence-electron chi connectivity index (χ4n) is 4.56. The van der Waals surface area contributed by atoms with Crippen molar-refractivity contribution in [1.82, 2.24) is 24.8 Å². The Morgan fingerprint density at radius 1 is 1.30 bits per heavy atom. The van der Waals surface area contributed by atoms with Crippen LogP contribution in [0.2, 0.25) is 0 Å². The smallest absolute Gasteiger partial charge is 0.382 e. The van der Waals surface area contributed by atoms with Crippen LogP contribution >= 0.6 is 7.82 Å². The number of nitrogens with two attached hydrogens (primary N) is 1. The van der Waals surface area contributed by atoms with Gasteiger partial charge in [0.25, 0.3) is 0 Å². The van der Waals surface area contributed by atoms with Gasteiger partial charge in [0.05, 0.1) is 25.9 Å². The topological polar surface area (TPSA) is 218 Å². The average molecular weight is 574 g/mol. The quantitative estimate of drug-likeness (QED) is 0.236. The first-order valence-electron chi connectivity index (χ1n) is 12.2. The molecule has 2 fully saturated rings. The van der Waals surface area contributed by atoms with Crippen molar-refractivity contribution in [3.05, 3.63) is 12.2 Å². The third-order valence-corrected chi connectivity index (χ3v) is 6.81. The van der Waals surface area contributed by atoms with Crippen molar-refractivity contribution in [2.45, 2.75) is 69.1 Å². The lowest BCUT2D eigenvalue weighted by atomic mass is 10.0. The molecule has 16 nitrogen and oxygen atoms in total. The molecule has 2 aromatic rings. The van der Waals surface area contributed by atoms with Crippen LogP contribution in [0.4, 0.5) is 5.82 Å². The number of terminal acetylenes is 1.